The van der Waals surface area contributed by atoms with E-state index in [1.807, 2.05) is 0 Å². The average Bonchev–Trinajstić information content (AvgIpc) is 3.12. The van der Waals surface area contributed by atoms with Crippen LogP contribution in [0.1, 0.15) is 39.0 Å². The van der Waals surface area contributed by atoms with Gasteiger partial charge in [-0.2, -0.15) is 0 Å². The Kier molecular flexibility index (Phi) is 4.62. The molecular weight excluding hydrogens is 226 g/mol. The Morgan fingerprint density at radius 1 is 1.33 bits per heavy atom. The fourth-order valence-corrected chi connectivity index (χ4v) is 3.07. The zero-order chi connectivity index (χ0) is 13.1. The first-order valence-corrected chi connectivity index (χ1v) is 7.29. The lowest BCUT2D eigenvalue weighted by Gasteiger charge is -2.39. The first kappa shape index (κ1) is 13.8. The van der Waals surface area contributed by atoms with Gasteiger partial charge in [0.1, 0.15) is 0 Å². The zero-order valence-corrected chi connectivity index (χ0v) is 11.7. The van der Waals surface area contributed by atoms with Crippen molar-refractivity contribution in [1.82, 2.24) is 10.2 Å². The van der Waals surface area contributed by atoms with E-state index in [9.17, 15) is 4.79 Å². The zero-order valence-electron chi connectivity index (χ0n) is 11.7. The smallest absolute Gasteiger partial charge is 0.234 e. The van der Waals surface area contributed by atoms with Crippen molar-refractivity contribution < 1.29 is 4.79 Å². The molecule has 1 amide bonds. The summed E-state index contributed by atoms with van der Waals surface area (Å²) in [7, 11) is 2.07. The molecule has 2 aliphatic rings. The summed E-state index contributed by atoms with van der Waals surface area (Å²) in [5.41, 5.74) is 5.87. The maximum Gasteiger partial charge on any atom is 0.234 e. The van der Waals surface area contributed by atoms with Crippen molar-refractivity contribution in [2.45, 2.75) is 51.1 Å². The minimum atomic E-state index is 0.175. The number of nitrogens with zero attached hydrogens (tertiary/aromatic N) is 1. The van der Waals surface area contributed by atoms with Gasteiger partial charge in [-0.3, -0.25) is 9.69 Å². The van der Waals surface area contributed by atoms with Gasteiger partial charge in [0.25, 0.3) is 0 Å². The number of hydrogen-bond acceptors (Lipinski definition) is 3. The Labute approximate surface area is 110 Å². The van der Waals surface area contributed by atoms with E-state index in [1.165, 1.54) is 19.3 Å². The van der Waals surface area contributed by atoms with E-state index in [0.29, 0.717) is 24.5 Å². The van der Waals surface area contributed by atoms with Gasteiger partial charge in [0.05, 0.1) is 6.54 Å². The standard InChI is InChI=1S/C14H27N3O/c1-10-3-4-11(8-15)13(7-10)17(2)9-14(18)16-12-5-6-12/h10-13H,3-9,15H2,1-2H3,(H,16,18). The second-order valence-corrected chi connectivity index (χ2v) is 6.24. The normalized spacial score (nSPS) is 32.6. The van der Waals surface area contributed by atoms with Crippen molar-refractivity contribution in [3.05, 3.63) is 0 Å². The Morgan fingerprint density at radius 3 is 2.67 bits per heavy atom. The predicted molar refractivity (Wildman–Crippen MR) is 73.1 cm³/mol. The molecule has 0 spiro atoms. The van der Waals surface area contributed by atoms with E-state index in [0.717, 1.165) is 25.3 Å². The van der Waals surface area contributed by atoms with Crippen molar-refractivity contribution in [1.29, 1.82) is 0 Å². The van der Waals surface area contributed by atoms with Crippen molar-refractivity contribution in [3.8, 4) is 0 Å². The van der Waals surface area contributed by atoms with Crippen molar-refractivity contribution in [2.75, 3.05) is 20.1 Å². The van der Waals surface area contributed by atoms with Crippen LogP contribution in [0.2, 0.25) is 0 Å². The van der Waals surface area contributed by atoms with E-state index in [-0.39, 0.29) is 5.91 Å². The number of amides is 1. The molecule has 0 heterocycles. The number of carbonyl (C=O) groups excluding carboxylic acids is 1. The van der Waals surface area contributed by atoms with Crippen LogP contribution in [-0.2, 0) is 4.79 Å². The fourth-order valence-electron chi connectivity index (χ4n) is 3.07. The van der Waals surface area contributed by atoms with Crippen LogP contribution in [-0.4, -0.2) is 43.0 Å². The molecular formula is C14H27N3O. The van der Waals surface area contributed by atoms with Crippen molar-refractivity contribution >= 4 is 5.91 Å². The lowest BCUT2D eigenvalue weighted by Crippen LogP contribution is -2.48. The number of carbonyl (C=O) groups is 1. The largest absolute Gasteiger partial charge is 0.352 e. The molecule has 0 saturated heterocycles. The molecule has 3 N–H and O–H groups in total. The van der Waals surface area contributed by atoms with Crippen LogP contribution >= 0.6 is 0 Å². The lowest BCUT2D eigenvalue weighted by molar-refractivity contribution is -0.123. The second kappa shape index (κ2) is 6.02. The van der Waals surface area contributed by atoms with Gasteiger partial charge in [-0.05, 0) is 51.1 Å². The van der Waals surface area contributed by atoms with Gasteiger partial charge < -0.3 is 11.1 Å². The summed E-state index contributed by atoms with van der Waals surface area (Å²) in [6, 6.07) is 0.935. The molecule has 0 aromatic rings. The molecule has 3 unspecified atom stereocenters. The van der Waals surface area contributed by atoms with E-state index in [2.05, 4.69) is 24.2 Å². The minimum Gasteiger partial charge on any atom is -0.352 e. The summed E-state index contributed by atoms with van der Waals surface area (Å²) in [6.07, 6.45) is 5.97. The van der Waals surface area contributed by atoms with Crippen LogP contribution in [0.3, 0.4) is 0 Å². The van der Waals surface area contributed by atoms with Crippen LogP contribution in [0.25, 0.3) is 0 Å². The van der Waals surface area contributed by atoms with E-state index in [1.54, 1.807) is 0 Å². The van der Waals surface area contributed by atoms with Gasteiger partial charge in [-0.1, -0.05) is 13.3 Å². The van der Waals surface area contributed by atoms with E-state index >= 15 is 0 Å². The van der Waals surface area contributed by atoms with Crippen molar-refractivity contribution in [2.24, 2.45) is 17.6 Å². The molecule has 2 aliphatic carbocycles. The number of nitrogens with two attached hydrogens (primary N) is 1. The molecule has 4 nitrogen and oxygen atoms in total. The third kappa shape index (κ3) is 3.69. The highest BCUT2D eigenvalue weighted by Crippen LogP contribution is 2.31. The molecule has 18 heavy (non-hydrogen) atoms. The Balaban J connectivity index is 1.84. The molecule has 0 aromatic heterocycles. The van der Waals surface area contributed by atoms with Gasteiger partial charge in [0, 0.05) is 12.1 Å². The summed E-state index contributed by atoms with van der Waals surface area (Å²) < 4.78 is 0. The molecule has 0 aliphatic heterocycles. The molecule has 3 atom stereocenters. The topological polar surface area (TPSA) is 58.4 Å². The molecule has 4 heteroatoms. The summed E-state index contributed by atoms with van der Waals surface area (Å²) in [6.45, 7) is 3.56. The Bertz CT molecular complexity index is 291. The highest BCUT2D eigenvalue weighted by Gasteiger charge is 2.32. The van der Waals surface area contributed by atoms with Crippen LogP contribution in [0.5, 0.6) is 0 Å². The Morgan fingerprint density at radius 2 is 2.06 bits per heavy atom. The Hall–Kier alpha value is -0.610. The van der Waals surface area contributed by atoms with Crippen LogP contribution in [0, 0.1) is 11.8 Å². The summed E-state index contributed by atoms with van der Waals surface area (Å²) in [5.74, 6) is 1.49. The molecule has 104 valence electrons. The number of rotatable bonds is 5. The minimum absolute atomic E-state index is 0.175. The highest BCUT2D eigenvalue weighted by atomic mass is 16.2. The van der Waals surface area contributed by atoms with Crippen LogP contribution < -0.4 is 11.1 Å². The number of nitrogens with one attached hydrogen (secondary N) is 1. The van der Waals surface area contributed by atoms with E-state index < -0.39 is 0 Å². The first-order valence-electron chi connectivity index (χ1n) is 7.29. The van der Waals surface area contributed by atoms with Gasteiger partial charge in [0.15, 0.2) is 0 Å². The average molecular weight is 253 g/mol. The third-order valence-corrected chi connectivity index (χ3v) is 4.42. The van der Waals surface area contributed by atoms with Gasteiger partial charge >= 0.3 is 0 Å². The second-order valence-electron chi connectivity index (χ2n) is 6.24. The molecule has 0 radical (unpaired) electrons. The lowest BCUT2D eigenvalue weighted by atomic mass is 9.78. The number of likely N-dealkylation sites (N-methyl/N-ethyl adjacent to an activating group) is 1. The molecule has 0 bridgehead atoms. The molecule has 2 fully saturated rings. The predicted octanol–water partition coefficient (Wildman–Crippen LogP) is 0.960. The summed E-state index contributed by atoms with van der Waals surface area (Å²) in [4.78, 5) is 14.1. The van der Waals surface area contributed by atoms with Gasteiger partial charge in [0.2, 0.25) is 5.91 Å². The van der Waals surface area contributed by atoms with Crippen LogP contribution in [0.15, 0.2) is 0 Å². The van der Waals surface area contributed by atoms with Gasteiger partial charge in [-0.15, -0.1) is 0 Å². The van der Waals surface area contributed by atoms with Gasteiger partial charge in [-0.25, -0.2) is 0 Å². The molecule has 0 aromatic carbocycles. The third-order valence-electron chi connectivity index (χ3n) is 4.42. The molecule has 2 saturated carbocycles. The SMILES string of the molecule is CC1CCC(CN)C(N(C)CC(=O)NC2CC2)C1. The monoisotopic (exact) mass is 253 g/mol. The molecule has 2 rings (SSSR count). The highest BCUT2D eigenvalue weighted by molar-refractivity contribution is 5.78. The number of hydrogen-bond donors (Lipinski definition) is 2. The summed E-state index contributed by atoms with van der Waals surface area (Å²) in [5, 5.41) is 3.06. The van der Waals surface area contributed by atoms with E-state index in [4.69, 9.17) is 5.73 Å². The van der Waals surface area contributed by atoms with Crippen molar-refractivity contribution in [3.63, 3.8) is 0 Å². The summed E-state index contributed by atoms with van der Waals surface area (Å²) >= 11 is 0. The maximum absolute atomic E-state index is 11.8. The van der Waals surface area contributed by atoms with Crippen LogP contribution in [0.4, 0.5) is 0 Å². The quantitative estimate of drug-likeness (QED) is 0.767. The fraction of sp³-hybridized carbons (Fsp3) is 0.929. The maximum atomic E-state index is 11.8. The first-order chi connectivity index (χ1) is 8.60.